The lowest BCUT2D eigenvalue weighted by Crippen LogP contribution is -3.00. The van der Waals surface area contributed by atoms with Crippen LogP contribution < -0.4 is 23.5 Å². The quantitative estimate of drug-likeness (QED) is 0.390. The van der Waals surface area contributed by atoms with E-state index in [2.05, 4.69) is 11.9 Å². The molecule has 0 spiro atoms. The van der Waals surface area contributed by atoms with Crippen LogP contribution in [0.1, 0.15) is 0 Å². The number of hydrogen-bond acceptors (Lipinski definition) is 3. The van der Waals surface area contributed by atoms with Crippen LogP contribution in [0.4, 0.5) is 0 Å². The number of nitrogens with one attached hydrogen (secondary N) is 1. The monoisotopic (exact) mass is 247 g/mol. The lowest BCUT2D eigenvalue weighted by Gasteiger charge is -2.42. The Hall–Kier alpha value is -0.910. The molecule has 0 aromatic rings. The van der Waals surface area contributed by atoms with Gasteiger partial charge in [0.15, 0.2) is 12.6 Å². The molecule has 2 atom stereocenters. The van der Waals surface area contributed by atoms with Crippen molar-refractivity contribution in [2.45, 2.75) is 6.04 Å². The standard InChI is InChI=1S/C10H17N3O2.ClH/c1-3-9(14)8-6-12-4-5-13(8,2)7-10(11)15;/h3,8,12H,1,4-7H2,2H3,(H-,11,15);1H. The highest BCUT2D eigenvalue weighted by Crippen LogP contribution is 2.14. The van der Waals surface area contributed by atoms with Crippen LogP contribution in [-0.4, -0.2) is 55.4 Å². The van der Waals surface area contributed by atoms with Gasteiger partial charge in [-0.1, -0.05) is 6.58 Å². The zero-order valence-electron chi connectivity index (χ0n) is 9.41. The zero-order valence-corrected chi connectivity index (χ0v) is 10.2. The van der Waals surface area contributed by atoms with Crippen molar-refractivity contribution in [3.8, 4) is 0 Å². The highest BCUT2D eigenvalue weighted by atomic mass is 35.5. The minimum Gasteiger partial charge on any atom is -1.00 e. The second-order valence-electron chi connectivity index (χ2n) is 4.15. The van der Waals surface area contributed by atoms with Crippen molar-refractivity contribution in [2.75, 3.05) is 33.2 Å². The Morgan fingerprint density at radius 1 is 1.62 bits per heavy atom. The number of piperazine rings is 1. The third kappa shape index (κ3) is 3.30. The van der Waals surface area contributed by atoms with E-state index in [4.69, 9.17) is 5.73 Å². The first-order chi connectivity index (χ1) is 6.99. The van der Waals surface area contributed by atoms with Gasteiger partial charge in [-0.2, -0.15) is 0 Å². The number of ketones is 1. The molecule has 5 nitrogen and oxygen atoms in total. The molecule has 1 aliphatic rings. The van der Waals surface area contributed by atoms with E-state index < -0.39 is 0 Å². The molecule has 0 aromatic carbocycles. The van der Waals surface area contributed by atoms with Gasteiger partial charge in [-0.3, -0.25) is 9.59 Å². The molecule has 1 aliphatic heterocycles. The fraction of sp³-hybridized carbons (Fsp3) is 0.600. The van der Waals surface area contributed by atoms with Crippen LogP contribution in [0.2, 0.25) is 0 Å². The normalized spacial score (nSPS) is 28.9. The van der Waals surface area contributed by atoms with Crippen molar-refractivity contribution >= 4 is 11.7 Å². The third-order valence-electron chi connectivity index (χ3n) is 2.94. The summed E-state index contributed by atoms with van der Waals surface area (Å²) in [4.78, 5) is 22.6. The van der Waals surface area contributed by atoms with Crippen LogP contribution >= 0.6 is 0 Å². The summed E-state index contributed by atoms with van der Waals surface area (Å²) in [6.45, 7) is 5.78. The SMILES string of the molecule is C=CC(=O)C1CNCC[N+]1(C)CC(N)=O.[Cl-]. The van der Waals surface area contributed by atoms with Gasteiger partial charge in [0.1, 0.15) is 0 Å². The van der Waals surface area contributed by atoms with Gasteiger partial charge in [-0.15, -0.1) is 0 Å². The average Bonchev–Trinajstić information content (AvgIpc) is 2.15. The number of nitrogens with two attached hydrogens (primary N) is 1. The molecule has 0 aliphatic carbocycles. The maximum atomic E-state index is 11.6. The van der Waals surface area contributed by atoms with Crippen LogP contribution in [0.15, 0.2) is 12.7 Å². The lowest BCUT2D eigenvalue weighted by molar-refractivity contribution is -0.918. The van der Waals surface area contributed by atoms with Crippen LogP contribution in [0.3, 0.4) is 0 Å². The molecule has 1 fully saturated rings. The number of carbonyl (C=O) groups is 2. The number of quaternary nitrogens is 1. The van der Waals surface area contributed by atoms with E-state index in [9.17, 15) is 9.59 Å². The predicted octanol–water partition coefficient (Wildman–Crippen LogP) is -4.35. The molecular formula is C10H18ClN3O2. The second kappa shape index (κ2) is 5.98. The summed E-state index contributed by atoms with van der Waals surface area (Å²) in [6, 6.07) is -0.247. The molecule has 1 saturated heterocycles. The molecule has 3 N–H and O–H groups in total. The number of halogens is 1. The number of hydrogen-bond donors (Lipinski definition) is 2. The number of likely N-dealkylation sites (N-methyl/N-ethyl adjacent to an activating group) is 1. The van der Waals surface area contributed by atoms with Crippen molar-refractivity contribution in [1.29, 1.82) is 0 Å². The molecule has 16 heavy (non-hydrogen) atoms. The van der Waals surface area contributed by atoms with Crippen molar-refractivity contribution < 1.29 is 26.5 Å². The number of carbonyl (C=O) groups excluding carboxylic acids is 2. The minimum atomic E-state index is -0.374. The Bertz CT molecular complexity index is 296. The molecule has 0 bridgehead atoms. The Balaban J connectivity index is 0.00000225. The molecule has 92 valence electrons. The Kier molecular flexibility index (Phi) is 5.64. The van der Waals surface area contributed by atoms with Crippen LogP contribution in [0.5, 0.6) is 0 Å². The van der Waals surface area contributed by atoms with E-state index in [0.29, 0.717) is 11.0 Å². The third-order valence-corrected chi connectivity index (χ3v) is 2.94. The van der Waals surface area contributed by atoms with Crippen LogP contribution in [0, 0.1) is 0 Å². The summed E-state index contributed by atoms with van der Waals surface area (Å²) in [7, 11) is 1.89. The predicted molar refractivity (Wildman–Crippen MR) is 57.0 cm³/mol. The molecule has 1 amide bonds. The summed E-state index contributed by atoms with van der Waals surface area (Å²) in [5, 5.41) is 3.14. The summed E-state index contributed by atoms with van der Waals surface area (Å²) in [6.07, 6.45) is 1.31. The summed E-state index contributed by atoms with van der Waals surface area (Å²) in [5.41, 5.74) is 5.20. The lowest BCUT2D eigenvalue weighted by atomic mass is 10.1. The van der Waals surface area contributed by atoms with Crippen LogP contribution in [-0.2, 0) is 9.59 Å². The Labute approximate surface area is 102 Å². The maximum absolute atomic E-state index is 11.6. The molecule has 0 aromatic heterocycles. The minimum absolute atomic E-state index is 0. The Morgan fingerprint density at radius 3 is 2.75 bits per heavy atom. The number of nitrogens with zero attached hydrogens (tertiary/aromatic N) is 1. The summed E-state index contributed by atoms with van der Waals surface area (Å²) in [5.74, 6) is -0.410. The summed E-state index contributed by atoms with van der Waals surface area (Å²) < 4.78 is 0.382. The first-order valence-electron chi connectivity index (χ1n) is 4.99. The van der Waals surface area contributed by atoms with Gasteiger partial charge in [0, 0.05) is 6.54 Å². The molecule has 0 radical (unpaired) electrons. The van der Waals surface area contributed by atoms with E-state index in [-0.39, 0.29) is 36.7 Å². The van der Waals surface area contributed by atoms with Gasteiger partial charge in [0.05, 0.1) is 20.1 Å². The van der Waals surface area contributed by atoms with Gasteiger partial charge in [-0.05, 0) is 6.08 Å². The first-order valence-corrected chi connectivity index (χ1v) is 4.99. The fourth-order valence-corrected chi connectivity index (χ4v) is 2.04. The molecule has 1 rings (SSSR count). The van der Waals surface area contributed by atoms with Gasteiger partial charge in [0.2, 0.25) is 5.78 Å². The Morgan fingerprint density at radius 2 is 2.25 bits per heavy atom. The smallest absolute Gasteiger partial charge is 0.272 e. The highest BCUT2D eigenvalue weighted by molar-refractivity contribution is 5.93. The summed E-state index contributed by atoms with van der Waals surface area (Å²) >= 11 is 0. The fourth-order valence-electron chi connectivity index (χ4n) is 2.04. The largest absolute Gasteiger partial charge is 1.00 e. The van der Waals surface area contributed by atoms with E-state index in [1.54, 1.807) is 0 Å². The zero-order chi connectivity index (χ0) is 11.5. The van der Waals surface area contributed by atoms with Gasteiger partial charge in [0.25, 0.3) is 5.91 Å². The van der Waals surface area contributed by atoms with E-state index in [0.717, 1.165) is 13.1 Å². The van der Waals surface area contributed by atoms with Crippen molar-refractivity contribution in [3.05, 3.63) is 12.7 Å². The molecule has 1 heterocycles. The first kappa shape index (κ1) is 15.1. The van der Waals surface area contributed by atoms with Crippen molar-refractivity contribution in [1.82, 2.24) is 5.32 Å². The maximum Gasteiger partial charge on any atom is 0.272 e. The second-order valence-corrected chi connectivity index (χ2v) is 4.15. The van der Waals surface area contributed by atoms with E-state index in [1.807, 2.05) is 7.05 Å². The molecule has 0 saturated carbocycles. The average molecular weight is 248 g/mol. The number of amides is 1. The van der Waals surface area contributed by atoms with Crippen LogP contribution in [0.25, 0.3) is 0 Å². The topological polar surface area (TPSA) is 72.2 Å². The number of rotatable bonds is 4. The molecule has 2 unspecified atom stereocenters. The van der Waals surface area contributed by atoms with Gasteiger partial charge >= 0.3 is 0 Å². The molecule has 6 heteroatoms. The van der Waals surface area contributed by atoms with Crippen molar-refractivity contribution in [3.63, 3.8) is 0 Å². The number of primary amides is 1. The van der Waals surface area contributed by atoms with E-state index in [1.165, 1.54) is 6.08 Å². The van der Waals surface area contributed by atoms with E-state index >= 15 is 0 Å². The van der Waals surface area contributed by atoms with Gasteiger partial charge in [-0.25, -0.2) is 0 Å². The highest BCUT2D eigenvalue weighted by Gasteiger charge is 2.40. The van der Waals surface area contributed by atoms with Gasteiger partial charge < -0.3 is 27.9 Å². The van der Waals surface area contributed by atoms with Crippen molar-refractivity contribution in [2.24, 2.45) is 5.73 Å². The molecular weight excluding hydrogens is 230 g/mol.